The smallest absolute Gasteiger partial charge is 0.0958 e. The Morgan fingerprint density at radius 3 is 2.78 bits per heavy atom. The van der Waals surface area contributed by atoms with E-state index in [1.807, 2.05) is 12.4 Å². The van der Waals surface area contributed by atoms with Gasteiger partial charge in [-0.1, -0.05) is 19.1 Å². The molecule has 96 valence electrons. The predicted octanol–water partition coefficient (Wildman–Crippen LogP) is 2.77. The molecule has 0 amide bonds. The molecular formula is C15H21N3. The topological polar surface area (TPSA) is 21.1 Å². The molecule has 0 unspecified atom stereocenters. The number of likely N-dealkylation sites (tertiary alicyclic amines) is 1. The van der Waals surface area contributed by atoms with Gasteiger partial charge in [0.2, 0.25) is 0 Å². The van der Waals surface area contributed by atoms with Gasteiger partial charge in [0.1, 0.15) is 0 Å². The lowest BCUT2D eigenvalue weighted by molar-refractivity contribution is 0.187. The second-order valence-electron chi connectivity index (χ2n) is 5.45. The molecule has 1 saturated heterocycles. The molecule has 2 heterocycles. The molecule has 0 saturated carbocycles. The molecule has 2 aromatic rings. The zero-order valence-corrected chi connectivity index (χ0v) is 11.0. The molecular weight excluding hydrogens is 222 g/mol. The highest BCUT2D eigenvalue weighted by Gasteiger charge is 2.15. The molecule has 1 aromatic carbocycles. The number of hydrogen-bond acceptors (Lipinski definition) is 2. The molecule has 3 heteroatoms. The molecule has 0 aliphatic carbocycles. The van der Waals surface area contributed by atoms with Gasteiger partial charge in [-0.3, -0.25) is 0 Å². The fourth-order valence-corrected chi connectivity index (χ4v) is 2.72. The predicted molar refractivity (Wildman–Crippen MR) is 74.6 cm³/mol. The highest BCUT2D eigenvalue weighted by Crippen LogP contribution is 2.16. The van der Waals surface area contributed by atoms with Crippen LogP contribution in [0.3, 0.4) is 0 Å². The molecule has 0 bridgehead atoms. The SMILES string of the molecule is CC1CCN(CCn2cnc3ccccc32)CC1. The van der Waals surface area contributed by atoms with E-state index in [1.54, 1.807) is 0 Å². The van der Waals surface area contributed by atoms with E-state index in [0.717, 1.165) is 24.5 Å². The van der Waals surface area contributed by atoms with E-state index in [2.05, 4.69) is 39.6 Å². The standard InChI is InChI=1S/C15H21N3/c1-13-6-8-17(9-7-13)10-11-18-12-16-14-4-2-3-5-15(14)18/h2-5,12-13H,6-11H2,1H3. The van der Waals surface area contributed by atoms with Gasteiger partial charge in [0, 0.05) is 13.1 Å². The summed E-state index contributed by atoms with van der Waals surface area (Å²) in [5.41, 5.74) is 2.35. The van der Waals surface area contributed by atoms with Gasteiger partial charge in [0.05, 0.1) is 17.4 Å². The summed E-state index contributed by atoms with van der Waals surface area (Å²) in [5, 5.41) is 0. The van der Waals surface area contributed by atoms with Crippen molar-refractivity contribution in [3.63, 3.8) is 0 Å². The molecule has 3 rings (SSSR count). The number of hydrogen-bond donors (Lipinski definition) is 0. The van der Waals surface area contributed by atoms with Crippen molar-refractivity contribution in [2.75, 3.05) is 19.6 Å². The zero-order chi connectivity index (χ0) is 12.4. The maximum Gasteiger partial charge on any atom is 0.0958 e. The second kappa shape index (κ2) is 5.11. The minimum absolute atomic E-state index is 0.912. The molecule has 0 N–H and O–H groups in total. The van der Waals surface area contributed by atoms with Crippen molar-refractivity contribution >= 4 is 11.0 Å². The summed E-state index contributed by atoms with van der Waals surface area (Å²) in [7, 11) is 0. The van der Waals surface area contributed by atoms with Crippen molar-refractivity contribution in [3.05, 3.63) is 30.6 Å². The van der Waals surface area contributed by atoms with E-state index in [1.165, 1.54) is 31.4 Å². The van der Waals surface area contributed by atoms with Gasteiger partial charge in [0.15, 0.2) is 0 Å². The van der Waals surface area contributed by atoms with Gasteiger partial charge in [-0.05, 0) is 44.0 Å². The third-order valence-corrected chi connectivity index (χ3v) is 4.06. The van der Waals surface area contributed by atoms with Gasteiger partial charge >= 0.3 is 0 Å². The zero-order valence-electron chi connectivity index (χ0n) is 11.0. The van der Waals surface area contributed by atoms with E-state index in [4.69, 9.17) is 0 Å². The van der Waals surface area contributed by atoms with Crippen LogP contribution in [-0.4, -0.2) is 34.1 Å². The number of para-hydroxylation sites is 2. The summed E-state index contributed by atoms with van der Waals surface area (Å²) in [6.07, 6.45) is 4.67. The number of imidazole rings is 1. The van der Waals surface area contributed by atoms with Crippen LogP contribution in [0, 0.1) is 5.92 Å². The molecule has 1 aromatic heterocycles. The summed E-state index contributed by atoms with van der Waals surface area (Å²) < 4.78 is 2.27. The summed E-state index contributed by atoms with van der Waals surface area (Å²) in [6, 6.07) is 8.36. The van der Waals surface area contributed by atoms with Crippen LogP contribution in [0.2, 0.25) is 0 Å². The van der Waals surface area contributed by atoms with E-state index < -0.39 is 0 Å². The van der Waals surface area contributed by atoms with Crippen molar-refractivity contribution < 1.29 is 0 Å². The van der Waals surface area contributed by atoms with Crippen LogP contribution in [0.25, 0.3) is 11.0 Å². The second-order valence-corrected chi connectivity index (χ2v) is 5.45. The Morgan fingerprint density at radius 1 is 1.17 bits per heavy atom. The average molecular weight is 243 g/mol. The molecule has 18 heavy (non-hydrogen) atoms. The van der Waals surface area contributed by atoms with Gasteiger partial charge in [-0.25, -0.2) is 4.98 Å². The Hall–Kier alpha value is -1.35. The number of benzene rings is 1. The lowest BCUT2D eigenvalue weighted by Crippen LogP contribution is -2.35. The Morgan fingerprint density at radius 2 is 1.94 bits per heavy atom. The first-order valence-electron chi connectivity index (χ1n) is 6.95. The van der Waals surface area contributed by atoms with E-state index in [-0.39, 0.29) is 0 Å². The molecule has 1 fully saturated rings. The van der Waals surface area contributed by atoms with Crippen LogP contribution in [0.4, 0.5) is 0 Å². The Bertz CT molecular complexity index is 509. The first kappa shape index (κ1) is 11.7. The van der Waals surface area contributed by atoms with Gasteiger partial charge in [-0.2, -0.15) is 0 Å². The average Bonchev–Trinajstić information content (AvgIpc) is 2.82. The number of piperidine rings is 1. The number of aromatic nitrogens is 2. The molecule has 3 nitrogen and oxygen atoms in total. The largest absolute Gasteiger partial charge is 0.329 e. The van der Waals surface area contributed by atoms with E-state index in [9.17, 15) is 0 Å². The summed E-state index contributed by atoms with van der Waals surface area (Å²) in [5.74, 6) is 0.912. The van der Waals surface area contributed by atoms with E-state index >= 15 is 0 Å². The van der Waals surface area contributed by atoms with Crippen LogP contribution in [-0.2, 0) is 6.54 Å². The van der Waals surface area contributed by atoms with Crippen LogP contribution in [0.1, 0.15) is 19.8 Å². The van der Waals surface area contributed by atoms with Gasteiger partial charge in [-0.15, -0.1) is 0 Å². The van der Waals surface area contributed by atoms with Crippen molar-refractivity contribution in [1.29, 1.82) is 0 Å². The minimum Gasteiger partial charge on any atom is -0.329 e. The molecule has 0 radical (unpaired) electrons. The first-order valence-corrected chi connectivity index (χ1v) is 6.95. The maximum atomic E-state index is 4.44. The highest BCUT2D eigenvalue weighted by molar-refractivity contribution is 5.74. The summed E-state index contributed by atoms with van der Waals surface area (Å²) >= 11 is 0. The Balaban J connectivity index is 1.63. The first-order chi connectivity index (χ1) is 8.83. The normalized spacial score (nSPS) is 18.5. The fraction of sp³-hybridized carbons (Fsp3) is 0.533. The lowest BCUT2D eigenvalue weighted by Gasteiger charge is -2.30. The van der Waals surface area contributed by atoms with Crippen molar-refractivity contribution in [2.24, 2.45) is 5.92 Å². The molecule has 0 atom stereocenters. The summed E-state index contributed by atoms with van der Waals surface area (Å²) in [4.78, 5) is 7.02. The van der Waals surface area contributed by atoms with Crippen molar-refractivity contribution in [2.45, 2.75) is 26.3 Å². The van der Waals surface area contributed by atoms with Crippen LogP contribution >= 0.6 is 0 Å². The third-order valence-electron chi connectivity index (χ3n) is 4.06. The quantitative estimate of drug-likeness (QED) is 0.826. The van der Waals surface area contributed by atoms with E-state index in [0.29, 0.717) is 0 Å². The van der Waals surface area contributed by atoms with Gasteiger partial charge in [0.25, 0.3) is 0 Å². The number of nitrogens with zero attached hydrogens (tertiary/aromatic N) is 3. The highest BCUT2D eigenvalue weighted by atomic mass is 15.2. The van der Waals surface area contributed by atoms with Gasteiger partial charge < -0.3 is 9.47 Å². The van der Waals surface area contributed by atoms with Crippen molar-refractivity contribution in [1.82, 2.24) is 14.5 Å². The lowest BCUT2D eigenvalue weighted by atomic mass is 9.99. The van der Waals surface area contributed by atoms with Crippen LogP contribution < -0.4 is 0 Å². The number of rotatable bonds is 3. The monoisotopic (exact) mass is 243 g/mol. The molecule has 1 aliphatic heterocycles. The van der Waals surface area contributed by atoms with Crippen LogP contribution in [0.15, 0.2) is 30.6 Å². The maximum absolute atomic E-state index is 4.44. The Kier molecular flexibility index (Phi) is 3.33. The third kappa shape index (κ3) is 2.41. The van der Waals surface area contributed by atoms with Crippen molar-refractivity contribution in [3.8, 4) is 0 Å². The number of fused-ring (bicyclic) bond motifs is 1. The fourth-order valence-electron chi connectivity index (χ4n) is 2.72. The van der Waals surface area contributed by atoms with Crippen LogP contribution in [0.5, 0.6) is 0 Å². The summed E-state index contributed by atoms with van der Waals surface area (Å²) in [6.45, 7) is 7.07. The molecule has 1 aliphatic rings. The molecule has 0 spiro atoms. The Labute approximate surface area is 108 Å². The minimum atomic E-state index is 0.912.